The first-order valence-electron chi connectivity index (χ1n) is 13.5. The SMILES string of the molecule is Cc1c(NCCCS(=O)(=O)O)cc2oc3cc(=[NH+]CCCS(=O)(=O)O)c(C)cc-3cc2c1-c1ccc(S(=O)(=O)O)cc1S(=O)(=O)O. The van der Waals surface area contributed by atoms with E-state index in [1.54, 1.807) is 38.1 Å². The van der Waals surface area contributed by atoms with Crippen LogP contribution in [0.15, 0.2) is 56.7 Å². The largest absolute Gasteiger partial charge is 0.456 e. The fraction of sp³-hybridized carbons (Fsp3) is 0.296. The molecule has 0 fully saturated rings. The first-order chi connectivity index (χ1) is 21.1. The highest BCUT2D eigenvalue weighted by Gasteiger charge is 2.26. The van der Waals surface area contributed by atoms with Crippen LogP contribution in [0.5, 0.6) is 0 Å². The van der Waals surface area contributed by atoms with Crippen molar-refractivity contribution >= 4 is 57.1 Å². The zero-order chi connectivity index (χ0) is 34.2. The molecule has 1 aliphatic heterocycles. The molecule has 19 heteroatoms. The average Bonchev–Trinajstić information content (AvgIpc) is 2.91. The summed E-state index contributed by atoms with van der Waals surface area (Å²) < 4.78 is 137. The minimum Gasteiger partial charge on any atom is -0.456 e. The van der Waals surface area contributed by atoms with Crippen LogP contribution in [-0.4, -0.2) is 76.5 Å². The van der Waals surface area contributed by atoms with Gasteiger partial charge in [0.2, 0.25) is 5.36 Å². The lowest BCUT2D eigenvalue weighted by molar-refractivity contribution is -0.500. The van der Waals surface area contributed by atoms with Crippen molar-refractivity contribution in [2.24, 2.45) is 0 Å². The number of hydrogen-bond donors (Lipinski definition) is 6. The third-order valence-electron chi connectivity index (χ3n) is 7.05. The molecule has 0 saturated carbocycles. The Bertz CT molecular complexity index is 2310. The topological polar surface area (TPSA) is 257 Å². The molecule has 0 amide bonds. The Morgan fingerprint density at radius 1 is 0.783 bits per heavy atom. The molecule has 6 N–H and O–H groups in total. The average molecular weight is 720 g/mol. The maximum absolute atomic E-state index is 12.5. The smallest absolute Gasteiger partial charge is 0.295 e. The summed E-state index contributed by atoms with van der Waals surface area (Å²) in [6, 6.07) is 9.41. The van der Waals surface area contributed by atoms with Gasteiger partial charge < -0.3 is 9.73 Å². The third-order valence-corrected chi connectivity index (χ3v) is 10.4. The molecule has 0 radical (unpaired) electrons. The van der Waals surface area contributed by atoms with E-state index in [2.05, 4.69) is 10.3 Å². The zero-order valence-electron chi connectivity index (χ0n) is 24.4. The van der Waals surface area contributed by atoms with Crippen LogP contribution in [0.25, 0.3) is 33.4 Å². The van der Waals surface area contributed by atoms with Crippen LogP contribution in [-0.2, 0) is 40.5 Å². The number of nitrogens with one attached hydrogen (secondary N) is 2. The van der Waals surface area contributed by atoms with Gasteiger partial charge in [-0.3, -0.25) is 18.2 Å². The number of hydrogen-bond acceptors (Lipinski definition) is 10. The molecule has 46 heavy (non-hydrogen) atoms. The highest BCUT2D eigenvalue weighted by atomic mass is 32.2. The summed E-state index contributed by atoms with van der Waals surface area (Å²) >= 11 is 0. The molecule has 0 unspecified atom stereocenters. The van der Waals surface area contributed by atoms with Crippen LogP contribution in [0.1, 0.15) is 24.0 Å². The van der Waals surface area contributed by atoms with Gasteiger partial charge >= 0.3 is 0 Å². The first kappa shape index (κ1) is 35.4. The summed E-state index contributed by atoms with van der Waals surface area (Å²) in [7, 11) is -18.3. The maximum Gasteiger partial charge on any atom is 0.295 e. The van der Waals surface area contributed by atoms with Gasteiger partial charge in [0.1, 0.15) is 22.8 Å². The lowest BCUT2D eigenvalue weighted by Crippen LogP contribution is -2.77. The summed E-state index contributed by atoms with van der Waals surface area (Å²) in [6.45, 7) is 3.67. The van der Waals surface area contributed by atoms with Gasteiger partial charge in [-0.1, -0.05) is 6.07 Å². The van der Waals surface area contributed by atoms with E-state index in [1.807, 2.05) is 0 Å². The van der Waals surface area contributed by atoms with E-state index in [4.69, 9.17) is 13.5 Å². The van der Waals surface area contributed by atoms with Crippen molar-refractivity contribution in [3.05, 3.63) is 58.9 Å². The van der Waals surface area contributed by atoms with Crippen LogP contribution in [0.3, 0.4) is 0 Å². The Morgan fingerprint density at radius 3 is 2.04 bits per heavy atom. The zero-order valence-corrected chi connectivity index (χ0v) is 27.6. The Balaban J connectivity index is 1.98. The van der Waals surface area contributed by atoms with E-state index in [9.17, 15) is 42.8 Å². The van der Waals surface area contributed by atoms with Gasteiger partial charge in [-0.15, -0.1) is 0 Å². The maximum atomic E-state index is 12.5. The Labute approximate surface area is 265 Å². The molecule has 250 valence electrons. The van der Waals surface area contributed by atoms with Gasteiger partial charge in [-0.25, -0.2) is 4.99 Å². The summed E-state index contributed by atoms with van der Waals surface area (Å²) in [5.74, 6) is -0.600. The van der Waals surface area contributed by atoms with Crippen LogP contribution < -0.4 is 15.7 Å². The number of benzene rings is 3. The first-order valence-corrected chi connectivity index (χ1v) is 19.6. The van der Waals surface area contributed by atoms with Gasteiger partial charge in [0.25, 0.3) is 40.5 Å². The van der Waals surface area contributed by atoms with Crippen molar-refractivity contribution in [3.8, 4) is 22.5 Å². The molecule has 2 aromatic carbocycles. The lowest BCUT2D eigenvalue weighted by Gasteiger charge is -2.19. The summed E-state index contributed by atoms with van der Waals surface area (Å²) in [6.07, 6.45) is 0.138. The molecule has 2 aromatic rings. The van der Waals surface area contributed by atoms with Crippen LogP contribution in [0, 0.1) is 13.8 Å². The fourth-order valence-electron chi connectivity index (χ4n) is 4.95. The fourth-order valence-corrected chi connectivity index (χ4v) is 7.27. The van der Waals surface area contributed by atoms with Crippen LogP contribution >= 0.6 is 0 Å². The lowest BCUT2D eigenvalue weighted by atomic mass is 9.93. The minimum absolute atomic E-state index is 0.00568. The van der Waals surface area contributed by atoms with E-state index in [1.165, 1.54) is 0 Å². The predicted octanol–water partition coefficient (Wildman–Crippen LogP) is 1.26. The highest BCUT2D eigenvalue weighted by Crippen LogP contribution is 2.42. The number of fused-ring (bicyclic) bond motifs is 2. The minimum atomic E-state index is -5.06. The van der Waals surface area contributed by atoms with Crippen LogP contribution in [0.2, 0.25) is 0 Å². The van der Waals surface area contributed by atoms with Crippen molar-refractivity contribution in [3.63, 3.8) is 0 Å². The molecule has 0 atom stereocenters. The van der Waals surface area contributed by atoms with E-state index in [0.29, 0.717) is 39.4 Å². The Kier molecular flexibility index (Phi) is 10.0. The molecule has 0 spiro atoms. The van der Waals surface area contributed by atoms with Crippen LogP contribution in [0.4, 0.5) is 5.69 Å². The van der Waals surface area contributed by atoms with Gasteiger partial charge in [0.15, 0.2) is 0 Å². The molecule has 1 aliphatic carbocycles. The van der Waals surface area contributed by atoms with Crippen molar-refractivity contribution < 1.29 is 61.3 Å². The second-order valence-corrected chi connectivity index (χ2v) is 16.5. The van der Waals surface area contributed by atoms with Gasteiger partial charge in [0, 0.05) is 46.8 Å². The molecule has 15 nitrogen and oxygen atoms in total. The summed E-state index contributed by atoms with van der Waals surface area (Å²) in [5.41, 5.74) is 2.35. The van der Waals surface area contributed by atoms with E-state index in [-0.39, 0.29) is 42.6 Å². The second kappa shape index (κ2) is 13.0. The normalized spacial score (nSPS) is 13.5. The van der Waals surface area contributed by atoms with Crippen molar-refractivity contribution in [1.82, 2.24) is 0 Å². The Hall–Kier alpha value is -3.43. The molecule has 0 aromatic heterocycles. The number of rotatable bonds is 12. The number of anilines is 1. The molecule has 0 bridgehead atoms. The van der Waals surface area contributed by atoms with E-state index < -0.39 is 61.8 Å². The van der Waals surface area contributed by atoms with Gasteiger partial charge in [0.05, 0.1) is 22.5 Å². The molecule has 2 aliphatic rings. The quantitative estimate of drug-likeness (QED) is 0.0685. The summed E-state index contributed by atoms with van der Waals surface area (Å²) in [4.78, 5) is 1.51. The highest BCUT2D eigenvalue weighted by molar-refractivity contribution is 7.87. The van der Waals surface area contributed by atoms with Crippen molar-refractivity contribution in [1.29, 1.82) is 0 Å². The molecule has 1 heterocycles. The van der Waals surface area contributed by atoms with Crippen molar-refractivity contribution in [2.45, 2.75) is 36.5 Å². The third kappa shape index (κ3) is 8.68. The molecule has 4 rings (SSSR count). The van der Waals surface area contributed by atoms with E-state index >= 15 is 0 Å². The molecular formula is C27H31N2O13S4+. The Morgan fingerprint density at radius 2 is 1.43 bits per heavy atom. The van der Waals surface area contributed by atoms with Gasteiger partial charge in [-0.05, 0) is 55.7 Å². The molecule has 0 saturated heterocycles. The van der Waals surface area contributed by atoms with Crippen molar-refractivity contribution in [2.75, 3.05) is 29.9 Å². The second-order valence-electron chi connectivity index (χ2n) is 10.5. The predicted molar refractivity (Wildman–Crippen MR) is 167 cm³/mol. The monoisotopic (exact) mass is 719 g/mol. The number of aryl methyl sites for hydroxylation is 1. The standard InChI is InChI=1S/C27H30N2O13S4/c1-16-11-18-12-21-25(42-24(18)14-22(16)28-7-3-9-43(30,31)32)15-23(29-8-4-10-44(33,34)35)17(2)27(21)20-6-5-19(45(36,37)38)13-26(20)46(39,40)41/h5-6,11-15,29H,3-4,7-10H2,1-2H3,(H,30,31,32)(H,33,34,35)(H,36,37,38)(H,39,40,41)/p+1. The van der Waals surface area contributed by atoms with E-state index in [0.717, 1.165) is 17.7 Å². The molecular weight excluding hydrogens is 689 g/mol. The summed E-state index contributed by atoms with van der Waals surface area (Å²) in [5, 5.41) is 3.99. The van der Waals surface area contributed by atoms with Gasteiger partial charge in [-0.2, -0.15) is 33.7 Å².